The van der Waals surface area contributed by atoms with Crippen LogP contribution in [0.3, 0.4) is 0 Å². The van der Waals surface area contributed by atoms with Gasteiger partial charge in [0.2, 0.25) is 0 Å². The maximum atomic E-state index is 9.15. The summed E-state index contributed by atoms with van der Waals surface area (Å²) in [6.07, 6.45) is 5.49. The lowest BCUT2D eigenvalue weighted by Crippen LogP contribution is -2.27. The van der Waals surface area contributed by atoms with E-state index in [1.54, 1.807) is 0 Å². The van der Waals surface area contributed by atoms with Crippen molar-refractivity contribution in [3.05, 3.63) is 0 Å². The third-order valence-electron chi connectivity index (χ3n) is 3.64. The van der Waals surface area contributed by atoms with Gasteiger partial charge in [-0.05, 0) is 36.5 Å². The molecule has 2 fully saturated rings. The molecule has 1 nitrogen and oxygen atoms in total. The van der Waals surface area contributed by atoms with Gasteiger partial charge in [0.25, 0.3) is 0 Å². The summed E-state index contributed by atoms with van der Waals surface area (Å²) in [4.78, 5) is 0. The first kappa shape index (κ1) is 6.66. The normalized spacial score (nSPS) is 52.2. The van der Waals surface area contributed by atoms with E-state index in [2.05, 4.69) is 6.92 Å². The van der Waals surface area contributed by atoms with Crippen LogP contribution >= 0.6 is 0 Å². The summed E-state index contributed by atoms with van der Waals surface area (Å²) in [6.45, 7) is 2.66. The second-order valence-corrected chi connectivity index (χ2v) is 4.39. The second kappa shape index (κ2) is 1.97. The maximum absolute atomic E-state index is 9.15. The van der Waals surface area contributed by atoms with Crippen molar-refractivity contribution in [1.29, 1.82) is 0 Å². The van der Waals surface area contributed by atoms with Crippen molar-refractivity contribution in [3.63, 3.8) is 0 Å². The highest BCUT2D eigenvalue weighted by Gasteiger charge is 2.47. The van der Waals surface area contributed by atoms with Crippen molar-refractivity contribution in [2.45, 2.75) is 32.6 Å². The predicted octanol–water partition coefficient (Wildman–Crippen LogP) is 1.80. The van der Waals surface area contributed by atoms with E-state index >= 15 is 0 Å². The molecule has 1 heteroatoms. The van der Waals surface area contributed by atoms with Crippen molar-refractivity contribution in [2.24, 2.45) is 17.3 Å². The summed E-state index contributed by atoms with van der Waals surface area (Å²) in [5.74, 6) is 1.81. The minimum absolute atomic E-state index is 0.308. The van der Waals surface area contributed by atoms with E-state index < -0.39 is 0 Å². The zero-order chi connectivity index (χ0) is 7.19. The molecule has 2 aliphatic carbocycles. The molecule has 0 saturated heterocycles. The van der Waals surface area contributed by atoms with Gasteiger partial charge in [-0.3, -0.25) is 0 Å². The van der Waals surface area contributed by atoms with Gasteiger partial charge in [-0.25, -0.2) is 0 Å². The van der Waals surface area contributed by atoms with Crippen LogP contribution in [-0.4, -0.2) is 11.7 Å². The Labute approximate surface area is 62.4 Å². The van der Waals surface area contributed by atoms with Crippen molar-refractivity contribution in [1.82, 2.24) is 0 Å². The van der Waals surface area contributed by atoms with Gasteiger partial charge < -0.3 is 5.11 Å². The van der Waals surface area contributed by atoms with Crippen molar-refractivity contribution in [2.75, 3.05) is 6.61 Å². The van der Waals surface area contributed by atoms with E-state index in [0.717, 1.165) is 11.8 Å². The minimum Gasteiger partial charge on any atom is -0.396 e. The molecule has 1 N–H and O–H groups in total. The first-order valence-electron chi connectivity index (χ1n) is 4.35. The Hall–Kier alpha value is -0.0400. The summed E-state index contributed by atoms with van der Waals surface area (Å²) >= 11 is 0. The Morgan fingerprint density at radius 2 is 2.30 bits per heavy atom. The van der Waals surface area contributed by atoms with Gasteiger partial charge in [0.1, 0.15) is 0 Å². The van der Waals surface area contributed by atoms with Crippen molar-refractivity contribution >= 4 is 0 Å². The van der Waals surface area contributed by atoms with Gasteiger partial charge in [-0.15, -0.1) is 0 Å². The number of aliphatic hydroxyl groups is 1. The van der Waals surface area contributed by atoms with Crippen LogP contribution < -0.4 is 0 Å². The van der Waals surface area contributed by atoms with Gasteiger partial charge in [0, 0.05) is 6.61 Å². The predicted molar refractivity (Wildman–Crippen MR) is 40.6 cm³/mol. The highest BCUT2D eigenvalue weighted by molar-refractivity contribution is 4.97. The van der Waals surface area contributed by atoms with Crippen LogP contribution in [0.15, 0.2) is 0 Å². The van der Waals surface area contributed by atoms with Gasteiger partial charge in [0.05, 0.1) is 0 Å². The first-order valence-corrected chi connectivity index (χ1v) is 4.35. The number of aliphatic hydroxyl groups excluding tert-OH is 1. The molecule has 2 saturated carbocycles. The number of hydrogen-bond donors (Lipinski definition) is 1. The van der Waals surface area contributed by atoms with E-state index in [4.69, 9.17) is 5.11 Å². The number of rotatable bonds is 1. The molecule has 0 aliphatic heterocycles. The molecule has 58 valence electrons. The summed E-state index contributed by atoms with van der Waals surface area (Å²) in [5.41, 5.74) is 0.308. The fraction of sp³-hybridized carbons (Fsp3) is 1.00. The Morgan fingerprint density at radius 3 is 2.60 bits per heavy atom. The van der Waals surface area contributed by atoms with E-state index in [1.807, 2.05) is 0 Å². The summed E-state index contributed by atoms with van der Waals surface area (Å²) in [5, 5.41) is 9.15. The molecule has 2 aliphatic rings. The molecule has 0 aromatic heterocycles. The van der Waals surface area contributed by atoms with Crippen LogP contribution in [0, 0.1) is 17.3 Å². The SMILES string of the molecule is CC1(CO)C[C@H]2CC[C@@H]1C2. The molecule has 1 unspecified atom stereocenters. The average Bonchev–Trinajstić information content (AvgIpc) is 2.46. The molecule has 3 atom stereocenters. The van der Waals surface area contributed by atoms with Crippen LogP contribution in [-0.2, 0) is 0 Å². The Balaban J connectivity index is 2.14. The monoisotopic (exact) mass is 140 g/mol. The lowest BCUT2D eigenvalue weighted by Gasteiger charge is -2.31. The molecular weight excluding hydrogens is 124 g/mol. The second-order valence-electron chi connectivity index (χ2n) is 4.39. The van der Waals surface area contributed by atoms with Crippen LogP contribution in [0.25, 0.3) is 0 Å². The summed E-state index contributed by atoms with van der Waals surface area (Å²) < 4.78 is 0. The third kappa shape index (κ3) is 0.731. The fourth-order valence-electron chi connectivity index (χ4n) is 2.91. The lowest BCUT2D eigenvalue weighted by atomic mass is 9.75. The van der Waals surface area contributed by atoms with E-state index in [9.17, 15) is 0 Å². The molecule has 0 amide bonds. The maximum Gasteiger partial charge on any atom is 0.0487 e. The van der Waals surface area contributed by atoms with Crippen LogP contribution in [0.1, 0.15) is 32.6 Å². The Kier molecular flexibility index (Phi) is 1.31. The summed E-state index contributed by atoms with van der Waals surface area (Å²) in [6, 6.07) is 0. The molecule has 0 spiro atoms. The standard InChI is InChI=1S/C9H16O/c1-9(6-10)5-7-2-3-8(9)4-7/h7-8,10H,2-6H2,1H3/t7-,8+,9?/m0/s1. The van der Waals surface area contributed by atoms with Gasteiger partial charge in [-0.2, -0.15) is 0 Å². The van der Waals surface area contributed by atoms with Crippen LogP contribution in [0.2, 0.25) is 0 Å². The largest absolute Gasteiger partial charge is 0.396 e. The highest BCUT2D eigenvalue weighted by Crippen LogP contribution is 2.55. The molecule has 0 heterocycles. The van der Waals surface area contributed by atoms with Gasteiger partial charge in [-0.1, -0.05) is 13.3 Å². The zero-order valence-corrected chi connectivity index (χ0v) is 6.64. The topological polar surface area (TPSA) is 20.2 Å². The van der Waals surface area contributed by atoms with Gasteiger partial charge in [0.15, 0.2) is 0 Å². The molecular formula is C9H16O. The van der Waals surface area contributed by atoms with E-state index in [-0.39, 0.29) is 0 Å². The van der Waals surface area contributed by atoms with Crippen molar-refractivity contribution in [3.8, 4) is 0 Å². The Bertz CT molecular complexity index is 144. The molecule has 0 radical (unpaired) electrons. The minimum atomic E-state index is 0.308. The smallest absolute Gasteiger partial charge is 0.0487 e. The molecule has 2 bridgehead atoms. The Morgan fingerprint density at radius 1 is 1.50 bits per heavy atom. The number of fused-ring (bicyclic) bond motifs is 2. The molecule has 2 rings (SSSR count). The van der Waals surface area contributed by atoms with Crippen LogP contribution in [0.5, 0.6) is 0 Å². The quantitative estimate of drug-likeness (QED) is 0.589. The molecule has 10 heavy (non-hydrogen) atoms. The summed E-state index contributed by atoms with van der Waals surface area (Å²) in [7, 11) is 0. The van der Waals surface area contributed by atoms with E-state index in [0.29, 0.717) is 12.0 Å². The average molecular weight is 140 g/mol. The number of hydrogen-bond acceptors (Lipinski definition) is 1. The molecule has 0 aromatic carbocycles. The zero-order valence-electron chi connectivity index (χ0n) is 6.64. The molecule has 0 aromatic rings. The van der Waals surface area contributed by atoms with Crippen molar-refractivity contribution < 1.29 is 5.11 Å². The lowest BCUT2D eigenvalue weighted by molar-refractivity contribution is 0.0835. The van der Waals surface area contributed by atoms with Gasteiger partial charge >= 0.3 is 0 Å². The van der Waals surface area contributed by atoms with Crippen LogP contribution in [0.4, 0.5) is 0 Å². The third-order valence-corrected chi connectivity index (χ3v) is 3.64. The first-order chi connectivity index (χ1) is 4.74. The fourth-order valence-corrected chi connectivity index (χ4v) is 2.91. The highest BCUT2D eigenvalue weighted by atomic mass is 16.3. The van der Waals surface area contributed by atoms with E-state index in [1.165, 1.54) is 25.7 Å².